The van der Waals surface area contributed by atoms with Crippen LogP contribution in [-0.4, -0.2) is 11.5 Å². The zero-order valence-corrected chi connectivity index (χ0v) is 13.7. The third kappa shape index (κ3) is 2.90. The van der Waals surface area contributed by atoms with Crippen LogP contribution in [0.4, 0.5) is 5.69 Å². The molecule has 0 amide bonds. The zero-order valence-electron chi connectivity index (χ0n) is 13.7. The lowest BCUT2D eigenvalue weighted by atomic mass is 9.95. The maximum Gasteiger partial charge on any atom is 0.0994 e. The standard InChI is InChI=1S/C22H17N3/c23-15-17-8-4-5-11-20(17)18-14-22(21-12-6-7-13-24-21)25(16-18)19-9-2-1-3-10-19/h1-14,18H,16H2. The number of pyridine rings is 1. The van der Waals surface area contributed by atoms with Crippen LogP contribution in [0.25, 0.3) is 5.70 Å². The van der Waals surface area contributed by atoms with E-state index in [0.717, 1.165) is 34.8 Å². The average molecular weight is 323 g/mol. The van der Waals surface area contributed by atoms with Crippen LogP contribution in [0.15, 0.2) is 85.1 Å². The Labute approximate surface area is 147 Å². The first-order valence-electron chi connectivity index (χ1n) is 8.31. The highest BCUT2D eigenvalue weighted by Gasteiger charge is 2.28. The van der Waals surface area contributed by atoms with Gasteiger partial charge in [0.05, 0.1) is 23.0 Å². The van der Waals surface area contributed by atoms with E-state index in [1.54, 1.807) is 0 Å². The summed E-state index contributed by atoms with van der Waals surface area (Å²) < 4.78 is 0. The molecule has 0 fully saturated rings. The number of para-hydroxylation sites is 1. The molecule has 1 aromatic heterocycles. The molecule has 4 rings (SSSR count). The molecule has 2 aromatic carbocycles. The predicted molar refractivity (Wildman–Crippen MR) is 99.9 cm³/mol. The smallest absolute Gasteiger partial charge is 0.0994 e. The van der Waals surface area contributed by atoms with Gasteiger partial charge in [0.25, 0.3) is 0 Å². The molecule has 0 saturated heterocycles. The van der Waals surface area contributed by atoms with Crippen LogP contribution < -0.4 is 4.90 Å². The van der Waals surface area contributed by atoms with E-state index in [2.05, 4.69) is 34.2 Å². The van der Waals surface area contributed by atoms with Gasteiger partial charge >= 0.3 is 0 Å². The van der Waals surface area contributed by atoms with Crippen LogP contribution in [-0.2, 0) is 0 Å². The summed E-state index contributed by atoms with van der Waals surface area (Å²) >= 11 is 0. The van der Waals surface area contributed by atoms with E-state index in [9.17, 15) is 5.26 Å². The van der Waals surface area contributed by atoms with Gasteiger partial charge in [0.2, 0.25) is 0 Å². The van der Waals surface area contributed by atoms with E-state index in [4.69, 9.17) is 0 Å². The second-order valence-corrected chi connectivity index (χ2v) is 6.02. The fourth-order valence-corrected chi connectivity index (χ4v) is 3.33. The van der Waals surface area contributed by atoms with E-state index in [-0.39, 0.29) is 5.92 Å². The van der Waals surface area contributed by atoms with E-state index in [1.165, 1.54) is 0 Å². The van der Waals surface area contributed by atoms with Crippen LogP contribution in [0.1, 0.15) is 22.7 Å². The summed E-state index contributed by atoms with van der Waals surface area (Å²) in [5, 5.41) is 9.45. The van der Waals surface area contributed by atoms with E-state index in [1.807, 2.05) is 66.9 Å². The van der Waals surface area contributed by atoms with Crippen molar-refractivity contribution in [3.05, 3.63) is 102 Å². The molecule has 1 atom stereocenters. The minimum absolute atomic E-state index is 0.160. The molecule has 3 heteroatoms. The SMILES string of the molecule is N#Cc1ccccc1C1C=C(c2ccccn2)N(c2ccccc2)C1. The second-order valence-electron chi connectivity index (χ2n) is 6.02. The number of nitriles is 1. The summed E-state index contributed by atoms with van der Waals surface area (Å²) in [4.78, 5) is 6.81. The summed E-state index contributed by atoms with van der Waals surface area (Å²) in [6.45, 7) is 0.800. The van der Waals surface area contributed by atoms with Crippen LogP contribution in [0.3, 0.4) is 0 Å². The van der Waals surface area contributed by atoms with E-state index in [0.29, 0.717) is 0 Å². The van der Waals surface area contributed by atoms with Crippen molar-refractivity contribution in [2.75, 3.05) is 11.4 Å². The van der Waals surface area contributed by atoms with Gasteiger partial charge in [0.15, 0.2) is 0 Å². The highest BCUT2D eigenvalue weighted by atomic mass is 15.2. The Morgan fingerprint density at radius 1 is 0.920 bits per heavy atom. The van der Waals surface area contributed by atoms with Gasteiger partial charge in [0, 0.05) is 24.3 Å². The Bertz CT molecular complexity index is 940. The molecule has 1 aliphatic heterocycles. The van der Waals surface area contributed by atoms with E-state index < -0.39 is 0 Å². The Morgan fingerprint density at radius 3 is 2.44 bits per heavy atom. The Morgan fingerprint density at radius 2 is 1.68 bits per heavy atom. The Balaban J connectivity index is 1.80. The molecule has 3 aromatic rings. The molecule has 25 heavy (non-hydrogen) atoms. The molecule has 0 saturated carbocycles. The van der Waals surface area contributed by atoms with Gasteiger partial charge in [-0.25, -0.2) is 0 Å². The third-order valence-electron chi connectivity index (χ3n) is 4.51. The molecule has 0 aliphatic carbocycles. The van der Waals surface area contributed by atoms with Gasteiger partial charge in [0.1, 0.15) is 0 Å². The second kappa shape index (κ2) is 6.62. The Kier molecular flexibility index (Phi) is 4.02. The van der Waals surface area contributed by atoms with Crippen LogP contribution in [0.2, 0.25) is 0 Å². The van der Waals surface area contributed by atoms with Gasteiger partial charge in [-0.2, -0.15) is 5.26 Å². The van der Waals surface area contributed by atoms with Gasteiger partial charge in [-0.3, -0.25) is 4.98 Å². The van der Waals surface area contributed by atoms with Gasteiger partial charge in [-0.05, 0) is 42.0 Å². The fraction of sp³-hybridized carbons (Fsp3) is 0.0909. The molecule has 2 heterocycles. The lowest BCUT2D eigenvalue weighted by Gasteiger charge is -2.23. The predicted octanol–water partition coefficient (Wildman–Crippen LogP) is 4.60. The topological polar surface area (TPSA) is 39.9 Å². The van der Waals surface area contributed by atoms with Crippen molar-refractivity contribution in [2.24, 2.45) is 0 Å². The quantitative estimate of drug-likeness (QED) is 0.707. The van der Waals surface area contributed by atoms with Crippen LogP contribution in [0.5, 0.6) is 0 Å². The average Bonchev–Trinajstić information content (AvgIpc) is 3.14. The van der Waals surface area contributed by atoms with Crippen molar-refractivity contribution in [2.45, 2.75) is 5.92 Å². The first-order valence-corrected chi connectivity index (χ1v) is 8.31. The van der Waals surface area contributed by atoms with Crippen molar-refractivity contribution in [1.82, 2.24) is 4.98 Å². The molecule has 0 N–H and O–H groups in total. The lowest BCUT2D eigenvalue weighted by Crippen LogP contribution is -2.20. The Hall–Kier alpha value is -3.38. The minimum Gasteiger partial charge on any atom is -0.339 e. The monoisotopic (exact) mass is 323 g/mol. The highest BCUT2D eigenvalue weighted by Crippen LogP contribution is 2.37. The molecule has 0 bridgehead atoms. The number of benzene rings is 2. The number of nitrogens with zero attached hydrogens (tertiary/aromatic N) is 3. The minimum atomic E-state index is 0.160. The molecule has 0 radical (unpaired) electrons. The lowest BCUT2D eigenvalue weighted by molar-refractivity contribution is 0.866. The summed E-state index contributed by atoms with van der Waals surface area (Å²) in [6.07, 6.45) is 4.04. The van der Waals surface area contributed by atoms with Crippen LogP contribution in [0, 0.1) is 11.3 Å². The summed E-state index contributed by atoms with van der Waals surface area (Å²) in [7, 11) is 0. The first-order chi connectivity index (χ1) is 12.4. The summed E-state index contributed by atoms with van der Waals surface area (Å²) in [5.74, 6) is 0.160. The van der Waals surface area contributed by atoms with Gasteiger partial charge in [-0.15, -0.1) is 0 Å². The maximum absolute atomic E-state index is 9.45. The maximum atomic E-state index is 9.45. The summed E-state index contributed by atoms with van der Waals surface area (Å²) in [5.41, 5.74) is 4.97. The molecule has 120 valence electrons. The number of aromatic nitrogens is 1. The molecular weight excluding hydrogens is 306 g/mol. The van der Waals surface area contributed by atoms with Crippen molar-refractivity contribution in [1.29, 1.82) is 5.26 Å². The van der Waals surface area contributed by atoms with Gasteiger partial charge < -0.3 is 4.90 Å². The molecule has 0 spiro atoms. The van der Waals surface area contributed by atoms with Crippen LogP contribution >= 0.6 is 0 Å². The van der Waals surface area contributed by atoms with Crippen molar-refractivity contribution < 1.29 is 0 Å². The fourth-order valence-electron chi connectivity index (χ4n) is 3.33. The van der Waals surface area contributed by atoms with Crippen molar-refractivity contribution in [3.8, 4) is 6.07 Å². The largest absolute Gasteiger partial charge is 0.339 e. The number of anilines is 1. The molecule has 3 nitrogen and oxygen atoms in total. The number of rotatable bonds is 3. The summed E-state index contributed by atoms with van der Waals surface area (Å²) in [6, 6.07) is 26.4. The molecule has 1 aliphatic rings. The normalized spacial score (nSPS) is 16.4. The van der Waals surface area contributed by atoms with Crippen molar-refractivity contribution in [3.63, 3.8) is 0 Å². The molecular formula is C22H17N3. The molecule has 1 unspecified atom stereocenters. The third-order valence-corrected chi connectivity index (χ3v) is 4.51. The number of hydrogen-bond donors (Lipinski definition) is 0. The van der Waals surface area contributed by atoms with Gasteiger partial charge in [-0.1, -0.05) is 42.5 Å². The van der Waals surface area contributed by atoms with Crippen molar-refractivity contribution >= 4 is 11.4 Å². The zero-order chi connectivity index (χ0) is 17.1. The number of hydrogen-bond acceptors (Lipinski definition) is 3. The first kappa shape index (κ1) is 15.2. The van der Waals surface area contributed by atoms with E-state index >= 15 is 0 Å². The highest BCUT2D eigenvalue weighted by molar-refractivity contribution is 5.81.